The lowest BCUT2D eigenvalue weighted by Gasteiger charge is -2.08. The Morgan fingerprint density at radius 2 is 0.933 bits per heavy atom. The molecule has 0 saturated carbocycles. The van der Waals surface area contributed by atoms with Gasteiger partial charge in [0.2, 0.25) is 10.9 Å². The molecule has 4 heteroatoms. The highest BCUT2D eigenvalue weighted by atomic mass is 32.1. The van der Waals surface area contributed by atoms with Crippen LogP contribution in [0, 0.1) is 22.9 Å². The van der Waals surface area contributed by atoms with Crippen LogP contribution in [0.1, 0.15) is 11.1 Å². The van der Waals surface area contributed by atoms with Gasteiger partial charge in [0.05, 0.1) is 9.06 Å². The van der Waals surface area contributed by atoms with Gasteiger partial charge in [-0.05, 0) is 47.9 Å². The van der Waals surface area contributed by atoms with Gasteiger partial charge in [-0.3, -0.25) is 9.59 Å². The maximum atomic E-state index is 13.5. The van der Waals surface area contributed by atoms with Crippen LogP contribution in [0.2, 0.25) is 0 Å². The normalized spacial score (nSPS) is 13.1. The van der Waals surface area contributed by atoms with E-state index in [4.69, 9.17) is 0 Å². The number of hydrogen-bond donors (Lipinski definition) is 0. The number of hydrogen-bond acceptors (Lipinski definition) is 4. The van der Waals surface area contributed by atoms with Crippen LogP contribution in [0.3, 0.4) is 0 Å². The largest absolute Gasteiger partial charge is 0.288 e. The Morgan fingerprint density at radius 3 is 1.37 bits per heavy atom. The van der Waals surface area contributed by atoms with Gasteiger partial charge in [-0.1, -0.05) is 48.5 Å². The third-order valence-electron chi connectivity index (χ3n) is 5.97. The average molecular weight is 425 g/mol. The third-order valence-corrected chi connectivity index (χ3v) is 8.41. The molecule has 0 atom stereocenters. The molecule has 0 spiro atoms. The van der Waals surface area contributed by atoms with E-state index in [-0.39, 0.29) is 10.9 Å². The van der Waals surface area contributed by atoms with Crippen molar-refractivity contribution in [2.75, 3.05) is 0 Å². The minimum atomic E-state index is -0.0534. The molecule has 30 heavy (non-hydrogen) atoms. The Labute approximate surface area is 179 Å². The molecule has 0 radical (unpaired) electrons. The standard InChI is InChI=1S/C26H16O2S2/c1-13-9-11-19-21-15(13)5-3-7-17(21)23(27)25(29-19)26-24(28)18-8-4-6-16-14(2)10-12-20(30-26)22(16)18/h3-12H,1-2H3/b26-25+. The predicted molar refractivity (Wildman–Crippen MR) is 130 cm³/mol. The van der Waals surface area contributed by atoms with E-state index < -0.39 is 0 Å². The second-order valence-electron chi connectivity index (χ2n) is 7.74. The van der Waals surface area contributed by atoms with Crippen molar-refractivity contribution in [3.63, 3.8) is 0 Å². The molecule has 0 fully saturated rings. The smallest absolute Gasteiger partial charge is 0.205 e. The Balaban J connectivity index is 1.95. The first-order valence-electron chi connectivity index (χ1n) is 9.78. The molecular formula is C26H16O2S2. The zero-order valence-corrected chi connectivity index (χ0v) is 18.0. The first-order chi connectivity index (χ1) is 14.5. The summed E-state index contributed by atoms with van der Waals surface area (Å²) in [5, 5.41) is 5.58. The highest BCUT2D eigenvalue weighted by Crippen LogP contribution is 2.32. The average Bonchev–Trinajstić information content (AvgIpc) is 2.77. The van der Waals surface area contributed by atoms with Crippen LogP contribution in [0.15, 0.2) is 70.3 Å². The molecule has 0 aliphatic rings. The van der Waals surface area contributed by atoms with Crippen LogP contribution in [-0.4, -0.2) is 0 Å². The Bertz CT molecular complexity index is 1720. The number of benzene rings is 4. The van der Waals surface area contributed by atoms with Crippen LogP contribution >= 0.6 is 22.7 Å². The Morgan fingerprint density at radius 1 is 0.533 bits per heavy atom. The van der Waals surface area contributed by atoms with Gasteiger partial charge < -0.3 is 0 Å². The zero-order chi connectivity index (χ0) is 20.6. The molecule has 2 heterocycles. The highest BCUT2D eigenvalue weighted by molar-refractivity contribution is 7.20. The van der Waals surface area contributed by atoms with Crippen molar-refractivity contribution in [3.8, 4) is 0 Å². The molecule has 0 aliphatic carbocycles. The number of rotatable bonds is 0. The van der Waals surface area contributed by atoms with Crippen LogP contribution in [0.4, 0.5) is 0 Å². The molecule has 6 aromatic rings. The monoisotopic (exact) mass is 424 g/mol. The molecular weight excluding hydrogens is 408 g/mol. The molecule has 2 nitrogen and oxygen atoms in total. The van der Waals surface area contributed by atoms with Crippen LogP contribution in [-0.2, 0) is 0 Å². The fourth-order valence-corrected chi connectivity index (χ4v) is 6.83. The van der Waals surface area contributed by atoms with E-state index in [0.717, 1.165) is 42.1 Å². The lowest BCUT2D eigenvalue weighted by Crippen LogP contribution is -2.08. The Kier molecular flexibility index (Phi) is 3.67. The maximum Gasteiger partial charge on any atom is 0.205 e. The summed E-state index contributed by atoms with van der Waals surface area (Å²) in [6, 6.07) is 20.0. The SMILES string of the molecule is Cc1ccc2s/c(=c3/sc4ccc(C)c5cccc(c3=O)c45)c(=O)c3cccc1c23. The fourth-order valence-electron chi connectivity index (χ4n) is 4.45. The van der Waals surface area contributed by atoms with Gasteiger partial charge in [0, 0.05) is 30.9 Å². The third kappa shape index (κ3) is 2.29. The molecule has 2 aromatic heterocycles. The topological polar surface area (TPSA) is 34.1 Å². The van der Waals surface area contributed by atoms with Gasteiger partial charge in [-0.25, -0.2) is 0 Å². The minimum absolute atomic E-state index is 0.0534. The van der Waals surface area contributed by atoms with Crippen LogP contribution in [0.5, 0.6) is 0 Å². The van der Waals surface area contributed by atoms with Crippen molar-refractivity contribution >= 4 is 64.4 Å². The van der Waals surface area contributed by atoms with Gasteiger partial charge >= 0.3 is 0 Å². The predicted octanol–water partition coefficient (Wildman–Crippen LogP) is 6.48. The van der Waals surface area contributed by atoms with Crippen molar-refractivity contribution in [3.05, 3.63) is 101 Å². The molecule has 4 aromatic carbocycles. The second-order valence-corrected chi connectivity index (χ2v) is 9.84. The summed E-state index contributed by atoms with van der Waals surface area (Å²) in [4.78, 5) is 27.0. The van der Waals surface area contributed by atoms with Gasteiger partial charge in [-0.2, -0.15) is 0 Å². The van der Waals surface area contributed by atoms with Crippen molar-refractivity contribution in [2.24, 2.45) is 0 Å². The highest BCUT2D eigenvalue weighted by Gasteiger charge is 2.13. The summed E-state index contributed by atoms with van der Waals surface area (Å²) >= 11 is 2.86. The van der Waals surface area contributed by atoms with Crippen molar-refractivity contribution in [1.29, 1.82) is 0 Å². The quantitative estimate of drug-likeness (QED) is 0.279. The van der Waals surface area contributed by atoms with Gasteiger partial charge in [0.1, 0.15) is 0 Å². The number of aryl methyl sites for hydroxylation is 2. The summed E-state index contributed by atoms with van der Waals surface area (Å²) in [6.45, 7) is 4.12. The van der Waals surface area contributed by atoms with E-state index in [9.17, 15) is 9.59 Å². The summed E-state index contributed by atoms with van der Waals surface area (Å²) in [5.74, 6) is 0. The lowest BCUT2D eigenvalue weighted by molar-refractivity contribution is 1.53. The van der Waals surface area contributed by atoms with Crippen molar-refractivity contribution < 1.29 is 0 Å². The van der Waals surface area contributed by atoms with Crippen LogP contribution in [0.25, 0.3) is 41.7 Å². The van der Waals surface area contributed by atoms with E-state index in [1.807, 2.05) is 24.3 Å². The van der Waals surface area contributed by atoms with Crippen molar-refractivity contribution in [1.82, 2.24) is 0 Å². The molecule has 0 saturated heterocycles. The zero-order valence-electron chi connectivity index (χ0n) is 16.4. The molecule has 0 bridgehead atoms. The molecule has 0 aliphatic heterocycles. The molecule has 0 unspecified atom stereocenters. The lowest BCUT2D eigenvalue weighted by atomic mass is 10.0. The maximum absolute atomic E-state index is 13.5. The van der Waals surface area contributed by atoms with Crippen LogP contribution < -0.4 is 10.9 Å². The minimum Gasteiger partial charge on any atom is -0.288 e. The molecule has 6 rings (SSSR count). The first kappa shape index (κ1) is 17.8. The second kappa shape index (κ2) is 6.21. The summed E-state index contributed by atoms with van der Waals surface area (Å²) in [6.07, 6.45) is 0. The fraction of sp³-hybridized carbons (Fsp3) is 0.0769. The van der Waals surface area contributed by atoms with E-state index in [1.165, 1.54) is 22.7 Å². The molecule has 144 valence electrons. The van der Waals surface area contributed by atoms with E-state index >= 15 is 0 Å². The van der Waals surface area contributed by atoms with E-state index in [2.05, 4.69) is 50.2 Å². The molecule has 0 amide bonds. The first-order valence-corrected chi connectivity index (χ1v) is 11.4. The van der Waals surface area contributed by atoms with Gasteiger partial charge in [0.25, 0.3) is 0 Å². The summed E-state index contributed by atoms with van der Waals surface area (Å²) in [5.41, 5.74) is 2.20. The Hall–Kier alpha value is -3.08. The summed E-state index contributed by atoms with van der Waals surface area (Å²) in [7, 11) is 0. The molecule has 0 N–H and O–H groups in total. The summed E-state index contributed by atoms with van der Waals surface area (Å²) < 4.78 is 3.15. The van der Waals surface area contributed by atoms with Crippen molar-refractivity contribution in [2.45, 2.75) is 13.8 Å². The van der Waals surface area contributed by atoms with E-state index in [0.29, 0.717) is 19.8 Å². The van der Waals surface area contributed by atoms with Gasteiger partial charge in [0.15, 0.2) is 0 Å². The van der Waals surface area contributed by atoms with E-state index in [1.54, 1.807) is 0 Å². The van der Waals surface area contributed by atoms with Gasteiger partial charge in [-0.15, -0.1) is 22.7 Å².